The third kappa shape index (κ3) is 4.32. The molecule has 2 heterocycles. The number of ether oxygens (including phenoxy) is 1. The molecule has 1 saturated heterocycles. The Labute approximate surface area is 181 Å². The summed E-state index contributed by atoms with van der Waals surface area (Å²) in [5, 5.41) is 2.78. The molecule has 2 aliphatic heterocycles. The first-order valence-corrected chi connectivity index (χ1v) is 11.5. The lowest BCUT2D eigenvalue weighted by Crippen LogP contribution is -2.35. The summed E-state index contributed by atoms with van der Waals surface area (Å²) in [4.78, 5) is 26.2. The van der Waals surface area contributed by atoms with Crippen LogP contribution in [-0.2, 0) is 21.3 Å². The van der Waals surface area contributed by atoms with Crippen molar-refractivity contribution in [3.8, 4) is 0 Å². The van der Waals surface area contributed by atoms with Gasteiger partial charge in [0.1, 0.15) is 10.7 Å². The van der Waals surface area contributed by atoms with Crippen molar-refractivity contribution in [1.29, 1.82) is 0 Å². The van der Waals surface area contributed by atoms with Crippen molar-refractivity contribution in [1.82, 2.24) is 5.32 Å². The predicted molar refractivity (Wildman–Crippen MR) is 116 cm³/mol. The number of hydrogen-bond donors (Lipinski definition) is 1. The first-order valence-electron chi connectivity index (χ1n) is 10.1. The molecule has 31 heavy (non-hydrogen) atoms. The van der Waals surface area contributed by atoms with Crippen LogP contribution in [0.2, 0.25) is 0 Å². The van der Waals surface area contributed by atoms with E-state index in [2.05, 4.69) is 14.5 Å². The van der Waals surface area contributed by atoms with Crippen LogP contribution >= 0.6 is 0 Å². The zero-order valence-electron chi connectivity index (χ0n) is 17.1. The molecular weight excluding hydrogens is 418 g/mol. The van der Waals surface area contributed by atoms with Gasteiger partial charge >= 0.3 is 5.97 Å². The molecule has 0 aliphatic carbocycles. The van der Waals surface area contributed by atoms with Crippen LogP contribution in [-0.4, -0.2) is 39.8 Å². The van der Waals surface area contributed by atoms with E-state index in [0.717, 1.165) is 24.8 Å². The molecule has 2 aromatic rings. The lowest BCUT2D eigenvalue weighted by molar-refractivity contribution is 0.0600. The largest absolute Gasteiger partial charge is 0.465 e. The van der Waals surface area contributed by atoms with E-state index in [1.54, 1.807) is 36.4 Å². The van der Waals surface area contributed by atoms with Crippen LogP contribution < -0.4 is 10.2 Å². The van der Waals surface area contributed by atoms with E-state index >= 15 is 0 Å². The van der Waals surface area contributed by atoms with E-state index in [1.807, 2.05) is 4.90 Å². The molecule has 162 valence electrons. The Kier molecular flexibility index (Phi) is 5.77. The number of hydrogen-bond acceptors (Lipinski definition) is 6. The molecule has 1 amide bonds. The molecule has 1 N–H and O–H groups in total. The third-order valence-corrected chi connectivity index (χ3v) is 6.77. The van der Waals surface area contributed by atoms with Gasteiger partial charge in [-0.05, 0) is 48.7 Å². The molecule has 0 aromatic heterocycles. The van der Waals surface area contributed by atoms with Crippen LogP contribution in [0.15, 0.2) is 51.8 Å². The SMILES string of the molecule is COC(=O)c1ccc(CNC(=O)c2ccc3c(c2)S(=O)(=O)N=C2CCCCCN23)cc1. The van der Waals surface area contributed by atoms with Crippen LogP contribution in [0.4, 0.5) is 5.69 Å². The fraction of sp³-hybridized carbons (Fsp3) is 0.318. The van der Waals surface area contributed by atoms with Crippen LogP contribution in [0, 0.1) is 0 Å². The standard InChI is InChI=1S/C22H23N3O5S/c1-30-22(27)16-8-6-15(7-9-16)14-23-21(26)17-10-11-18-19(13-17)31(28,29)24-20-5-3-2-4-12-25(18)20/h6-11,13H,2-5,12,14H2,1H3,(H,23,26). The van der Waals surface area contributed by atoms with Crippen molar-refractivity contribution in [2.75, 3.05) is 18.6 Å². The number of carbonyl (C=O) groups excluding carboxylic acids is 2. The Bertz CT molecular complexity index is 1160. The molecule has 1 fully saturated rings. The predicted octanol–water partition coefficient (Wildman–Crippen LogP) is 2.88. The smallest absolute Gasteiger partial charge is 0.337 e. The van der Waals surface area contributed by atoms with Gasteiger partial charge in [-0.3, -0.25) is 4.79 Å². The highest BCUT2D eigenvalue weighted by Gasteiger charge is 2.32. The van der Waals surface area contributed by atoms with Gasteiger partial charge in [0, 0.05) is 25.1 Å². The fourth-order valence-corrected chi connectivity index (χ4v) is 5.07. The van der Waals surface area contributed by atoms with Gasteiger partial charge in [-0.2, -0.15) is 8.42 Å². The van der Waals surface area contributed by atoms with Crippen LogP contribution in [0.5, 0.6) is 0 Å². The van der Waals surface area contributed by atoms with E-state index < -0.39 is 16.0 Å². The second-order valence-corrected chi connectivity index (χ2v) is 9.07. The van der Waals surface area contributed by atoms with Crippen molar-refractivity contribution in [2.45, 2.75) is 37.1 Å². The van der Waals surface area contributed by atoms with Gasteiger partial charge in [-0.25, -0.2) is 4.79 Å². The summed E-state index contributed by atoms with van der Waals surface area (Å²) in [6, 6.07) is 11.4. The summed E-state index contributed by atoms with van der Waals surface area (Å²) in [6.07, 6.45) is 3.55. The van der Waals surface area contributed by atoms with Crippen LogP contribution in [0.1, 0.15) is 52.0 Å². The Hall–Kier alpha value is -3.20. The molecule has 8 nitrogen and oxygen atoms in total. The Morgan fingerprint density at radius 1 is 1.06 bits per heavy atom. The first-order chi connectivity index (χ1) is 14.9. The van der Waals surface area contributed by atoms with E-state index in [1.165, 1.54) is 13.2 Å². The molecule has 0 bridgehead atoms. The molecule has 9 heteroatoms. The minimum absolute atomic E-state index is 0.0632. The molecule has 4 rings (SSSR count). The average Bonchev–Trinajstić information content (AvgIpc) is 3.02. The molecule has 0 saturated carbocycles. The number of benzene rings is 2. The number of carbonyl (C=O) groups is 2. The Morgan fingerprint density at radius 3 is 2.55 bits per heavy atom. The third-order valence-electron chi connectivity index (χ3n) is 5.44. The van der Waals surface area contributed by atoms with E-state index in [4.69, 9.17) is 0 Å². The van der Waals surface area contributed by atoms with Gasteiger partial charge in [-0.15, -0.1) is 4.40 Å². The second-order valence-electron chi connectivity index (χ2n) is 7.50. The van der Waals surface area contributed by atoms with Gasteiger partial charge in [0.25, 0.3) is 15.9 Å². The van der Waals surface area contributed by atoms with Crippen LogP contribution in [0.25, 0.3) is 0 Å². The highest BCUT2D eigenvalue weighted by molar-refractivity contribution is 7.90. The number of rotatable bonds is 4. The molecule has 0 unspecified atom stereocenters. The second kappa shape index (κ2) is 8.50. The maximum Gasteiger partial charge on any atom is 0.337 e. The van der Waals surface area contributed by atoms with Gasteiger partial charge in [-0.1, -0.05) is 18.6 Å². The highest BCUT2D eigenvalue weighted by Crippen LogP contribution is 2.35. The van der Waals surface area contributed by atoms with Crippen molar-refractivity contribution in [2.24, 2.45) is 4.40 Å². The summed E-state index contributed by atoms with van der Waals surface area (Å²) in [7, 11) is -2.53. The zero-order valence-corrected chi connectivity index (χ0v) is 17.9. The van der Waals surface area contributed by atoms with E-state index in [0.29, 0.717) is 30.1 Å². The number of esters is 1. The number of methoxy groups -OCH3 is 1. The summed E-state index contributed by atoms with van der Waals surface area (Å²) in [5.41, 5.74) is 2.06. The summed E-state index contributed by atoms with van der Waals surface area (Å²) in [5.74, 6) is -0.237. The van der Waals surface area contributed by atoms with E-state index in [9.17, 15) is 18.0 Å². The fourth-order valence-electron chi connectivity index (χ4n) is 3.78. The quantitative estimate of drug-likeness (QED) is 0.732. The minimum atomic E-state index is -3.84. The highest BCUT2D eigenvalue weighted by atomic mass is 32.2. The molecule has 0 radical (unpaired) electrons. The number of sulfonamides is 1. The molecule has 0 atom stereocenters. The number of amides is 1. The van der Waals surface area contributed by atoms with Crippen molar-refractivity contribution in [3.05, 3.63) is 59.2 Å². The maximum absolute atomic E-state index is 12.7. The Morgan fingerprint density at radius 2 is 1.81 bits per heavy atom. The van der Waals surface area contributed by atoms with Crippen molar-refractivity contribution in [3.63, 3.8) is 0 Å². The molecule has 2 aromatic carbocycles. The van der Waals surface area contributed by atoms with E-state index in [-0.39, 0.29) is 22.9 Å². The summed E-state index contributed by atoms with van der Waals surface area (Å²) in [6.45, 7) is 0.951. The van der Waals surface area contributed by atoms with Gasteiger partial charge in [0.15, 0.2) is 0 Å². The Balaban J connectivity index is 1.52. The lowest BCUT2D eigenvalue weighted by atomic mass is 10.1. The topological polar surface area (TPSA) is 105 Å². The number of anilines is 1. The number of fused-ring (bicyclic) bond motifs is 3. The number of nitrogens with zero attached hydrogens (tertiary/aromatic N) is 2. The number of amidine groups is 1. The molecule has 0 spiro atoms. The zero-order chi connectivity index (χ0) is 22.0. The van der Waals surface area contributed by atoms with Gasteiger partial charge in [0.05, 0.1) is 18.4 Å². The normalized spacial score (nSPS) is 16.9. The average molecular weight is 442 g/mol. The monoisotopic (exact) mass is 441 g/mol. The molecular formula is C22H23N3O5S. The summed E-state index contributed by atoms with van der Waals surface area (Å²) >= 11 is 0. The summed E-state index contributed by atoms with van der Waals surface area (Å²) < 4.78 is 34.1. The first kappa shape index (κ1) is 21.0. The van der Waals surface area contributed by atoms with Crippen molar-refractivity contribution < 1.29 is 22.7 Å². The van der Waals surface area contributed by atoms with Gasteiger partial charge in [0.2, 0.25) is 0 Å². The molecule has 2 aliphatic rings. The maximum atomic E-state index is 12.7. The van der Waals surface area contributed by atoms with Gasteiger partial charge < -0.3 is 15.0 Å². The lowest BCUT2D eigenvalue weighted by Gasteiger charge is -2.29. The minimum Gasteiger partial charge on any atom is -0.465 e. The van der Waals surface area contributed by atoms with Crippen molar-refractivity contribution >= 4 is 33.4 Å². The van der Waals surface area contributed by atoms with Crippen LogP contribution in [0.3, 0.4) is 0 Å². The number of nitrogens with one attached hydrogen (secondary N) is 1.